The van der Waals surface area contributed by atoms with Crippen molar-refractivity contribution in [2.24, 2.45) is 0 Å². The van der Waals surface area contributed by atoms with E-state index in [1.165, 1.54) is 33.4 Å². The second kappa shape index (κ2) is 13.6. The van der Waals surface area contributed by atoms with Crippen molar-refractivity contribution in [2.75, 3.05) is 4.90 Å². The Kier molecular flexibility index (Phi) is 7.82. The zero-order chi connectivity index (χ0) is 37.7. The Bertz CT molecular complexity index is 2770. The van der Waals surface area contributed by atoms with Gasteiger partial charge in [-0.25, -0.2) is 0 Å². The molecular formula is C54H35NO2. The van der Waals surface area contributed by atoms with Crippen molar-refractivity contribution in [3.05, 3.63) is 212 Å². The Morgan fingerprint density at radius 1 is 0.228 bits per heavy atom. The van der Waals surface area contributed by atoms with Gasteiger partial charge in [-0.15, -0.1) is 0 Å². The molecule has 0 aromatic heterocycles. The normalized spacial score (nSPS) is 11.8. The highest BCUT2D eigenvalue weighted by Gasteiger charge is 2.25. The molecule has 2 aliphatic heterocycles. The van der Waals surface area contributed by atoms with Crippen LogP contribution in [-0.2, 0) is 0 Å². The Morgan fingerprint density at radius 2 is 0.544 bits per heavy atom. The van der Waals surface area contributed by atoms with E-state index in [2.05, 4.69) is 193 Å². The highest BCUT2D eigenvalue weighted by molar-refractivity contribution is 6.00. The van der Waals surface area contributed by atoms with Gasteiger partial charge >= 0.3 is 0 Å². The summed E-state index contributed by atoms with van der Waals surface area (Å²) in [6.07, 6.45) is 0. The first-order valence-corrected chi connectivity index (χ1v) is 19.3. The fourth-order valence-corrected chi connectivity index (χ4v) is 8.54. The number of hydrogen-bond acceptors (Lipinski definition) is 3. The molecule has 0 N–H and O–H groups in total. The first kappa shape index (κ1) is 32.8. The summed E-state index contributed by atoms with van der Waals surface area (Å²) in [5, 5.41) is 0. The summed E-state index contributed by atoms with van der Waals surface area (Å²) in [6.45, 7) is 0. The molecule has 0 saturated heterocycles. The molecule has 57 heavy (non-hydrogen) atoms. The van der Waals surface area contributed by atoms with E-state index in [4.69, 9.17) is 9.47 Å². The predicted molar refractivity (Wildman–Crippen MR) is 234 cm³/mol. The summed E-state index contributed by atoms with van der Waals surface area (Å²) in [7, 11) is 0. The summed E-state index contributed by atoms with van der Waals surface area (Å²) < 4.78 is 13.0. The minimum Gasteiger partial charge on any atom is -0.456 e. The molecule has 11 rings (SSSR count). The largest absolute Gasteiger partial charge is 0.456 e. The number of para-hydroxylation sites is 5. The number of benzene rings is 9. The zero-order valence-electron chi connectivity index (χ0n) is 31.0. The summed E-state index contributed by atoms with van der Waals surface area (Å²) >= 11 is 0. The topological polar surface area (TPSA) is 21.7 Å². The van der Waals surface area contributed by atoms with Crippen molar-refractivity contribution < 1.29 is 9.47 Å². The molecule has 0 saturated carbocycles. The number of ether oxygens (including phenoxy) is 2. The third-order valence-corrected chi connectivity index (χ3v) is 11.1. The van der Waals surface area contributed by atoms with Crippen LogP contribution < -0.4 is 14.4 Å². The summed E-state index contributed by atoms with van der Waals surface area (Å²) in [5.74, 6) is 3.46. The van der Waals surface area contributed by atoms with Crippen LogP contribution in [0, 0.1) is 0 Å². The zero-order valence-corrected chi connectivity index (χ0v) is 31.0. The fraction of sp³-hybridized carbons (Fsp3) is 0. The summed E-state index contributed by atoms with van der Waals surface area (Å²) in [4.78, 5) is 2.32. The predicted octanol–water partition coefficient (Wildman–Crippen LogP) is 15.4. The van der Waals surface area contributed by atoms with Gasteiger partial charge in [0.05, 0.1) is 0 Å². The SMILES string of the molecule is c1ccc(N(c2ccc(-c3cccc4c3-c3ccccc3Oc3ccccc3-4)cc2)c2ccc(-c3cccc4c3-c3ccccc3Oc3ccccc3-4)cc2)cc1. The quantitative estimate of drug-likeness (QED) is 0.176. The molecule has 2 aliphatic rings. The minimum atomic E-state index is 0.861. The van der Waals surface area contributed by atoms with Gasteiger partial charge in [-0.2, -0.15) is 0 Å². The lowest BCUT2D eigenvalue weighted by Crippen LogP contribution is -2.09. The van der Waals surface area contributed by atoms with Gasteiger partial charge in [-0.05, 0) is 94.0 Å². The van der Waals surface area contributed by atoms with Crippen molar-refractivity contribution >= 4 is 17.1 Å². The average Bonchev–Trinajstić information content (AvgIpc) is 3.52. The lowest BCUT2D eigenvalue weighted by Gasteiger charge is -2.26. The van der Waals surface area contributed by atoms with Crippen LogP contribution in [0.5, 0.6) is 23.0 Å². The molecule has 0 amide bonds. The molecule has 9 aromatic carbocycles. The molecular weight excluding hydrogens is 695 g/mol. The average molecular weight is 730 g/mol. The lowest BCUT2D eigenvalue weighted by atomic mass is 9.87. The standard InChI is InChI=1S/C54H35NO2/c1-2-14-38(15-3-1)55(39-32-28-36(29-33-39)41-20-12-22-45-43-16-4-8-24-49(43)56-51-26-10-6-18-47(51)53(41)45)40-34-30-37(31-35-40)42-21-13-23-46-44-17-5-9-25-50(44)57-52-27-11-7-19-48(52)54(42)46/h1-35H. The molecule has 0 spiro atoms. The van der Waals surface area contributed by atoms with E-state index in [-0.39, 0.29) is 0 Å². The highest BCUT2D eigenvalue weighted by Crippen LogP contribution is 2.52. The second-order valence-electron chi connectivity index (χ2n) is 14.4. The van der Waals surface area contributed by atoms with E-state index in [9.17, 15) is 0 Å². The highest BCUT2D eigenvalue weighted by atomic mass is 16.5. The van der Waals surface area contributed by atoms with Gasteiger partial charge < -0.3 is 14.4 Å². The molecule has 0 unspecified atom stereocenters. The molecule has 0 atom stereocenters. The molecule has 0 bridgehead atoms. The first-order chi connectivity index (χ1) is 28.3. The maximum atomic E-state index is 6.51. The number of hydrogen-bond donors (Lipinski definition) is 0. The van der Waals surface area contributed by atoms with Crippen LogP contribution in [0.25, 0.3) is 66.8 Å². The maximum absolute atomic E-state index is 6.51. The molecule has 0 fully saturated rings. The lowest BCUT2D eigenvalue weighted by molar-refractivity contribution is 0.487. The summed E-state index contributed by atoms with van der Waals surface area (Å²) in [6, 6.07) is 75.0. The van der Waals surface area contributed by atoms with Crippen molar-refractivity contribution in [3.63, 3.8) is 0 Å². The van der Waals surface area contributed by atoms with E-state index in [0.29, 0.717) is 0 Å². The smallest absolute Gasteiger partial charge is 0.135 e. The van der Waals surface area contributed by atoms with E-state index in [1.54, 1.807) is 0 Å². The van der Waals surface area contributed by atoms with Crippen LogP contribution >= 0.6 is 0 Å². The van der Waals surface area contributed by atoms with Gasteiger partial charge in [-0.1, -0.05) is 152 Å². The second-order valence-corrected chi connectivity index (χ2v) is 14.4. The molecule has 9 aromatic rings. The molecule has 0 aliphatic carbocycles. The van der Waals surface area contributed by atoms with Crippen molar-refractivity contribution in [2.45, 2.75) is 0 Å². The van der Waals surface area contributed by atoms with Crippen LogP contribution in [0.15, 0.2) is 212 Å². The van der Waals surface area contributed by atoms with Crippen LogP contribution in [0.2, 0.25) is 0 Å². The van der Waals surface area contributed by atoms with Gasteiger partial charge in [0.25, 0.3) is 0 Å². The molecule has 2 heterocycles. The molecule has 268 valence electrons. The van der Waals surface area contributed by atoms with Gasteiger partial charge in [0.2, 0.25) is 0 Å². The van der Waals surface area contributed by atoms with Crippen molar-refractivity contribution in [1.82, 2.24) is 0 Å². The fourth-order valence-electron chi connectivity index (χ4n) is 8.54. The van der Waals surface area contributed by atoms with Gasteiger partial charge in [0.1, 0.15) is 23.0 Å². The third kappa shape index (κ3) is 5.60. The van der Waals surface area contributed by atoms with Gasteiger partial charge in [-0.3, -0.25) is 0 Å². The van der Waals surface area contributed by atoms with E-state index in [0.717, 1.165) is 73.4 Å². The van der Waals surface area contributed by atoms with Crippen LogP contribution in [0.4, 0.5) is 17.1 Å². The number of anilines is 3. The Balaban J connectivity index is 1.000. The van der Waals surface area contributed by atoms with Crippen LogP contribution in [0.1, 0.15) is 0 Å². The van der Waals surface area contributed by atoms with Crippen molar-refractivity contribution in [1.29, 1.82) is 0 Å². The van der Waals surface area contributed by atoms with Gasteiger partial charge in [0.15, 0.2) is 0 Å². The third-order valence-electron chi connectivity index (χ3n) is 11.1. The van der Waals surface area contributed by atoms with E-state index >= 15 is 0 Å². The monoisotopic (exact) mass is 729 g/mol. The summed E-state index contributed by atoms with van der Waals surface area (Å²) in [5.41, 5.74) is 16.9. The van der Waals surface area contributed by atoms with E-state index < -0.39 is 0 Å². The Morgan fingerprint density at radius 3 is 0.982 bits per heavy atom. The Hall–Kier alpha value is -7.62. The van der Waals surface area contributed by atoms with Crippen LogP contribution in [-0.4, -0.2) is 0 Å². The minimum absolute atomic E-state index is 0.861. The first-order valence-electron chi connectivity index (χ1n) is 19.3. The number of rotatable bonds is 5. The van der Waals surface area contributed by atoms with Gasteiger partial charge in [0, 0.05) is 50.4 Å². The van der Waals surface area contributed by atoms with E-state index in [1.807, 2.05) is 24.3 Å². The number of nitrogens with zero attached hydrogens (tertiary/aromatic N) is 1. The molecule has 3 heteroatoms. The Labute approximate surface area is 332 Å². The number of fused-ring (bicyclic) bond motifs is 10. The molecule has 0 radical (unpaired) electrons. The maximum Gasteiger partial charge on any atom is 0.135 e. The molecule has 3 nitrogen and oxygen atoms in total. The van der Waals surface area contributed by atoms with Crippen LogP contribution in [0.3, 0.4) is 0 Å². The van der Waals surface area contributed by atoms with Crippen molar-refractivity contribution in [3.8, 4) is 89.8 Å².